The molecule has 0 radical (unpaired) electrons. The van der Waals surface area contributed by atoms with Crippen LogP contribution in [-0.4, -0.2) is 23.4 Å². The van der Waals surface area contributed by atoms with E-state index in [-0.39, 0.29) is 18.0 Å². The molecule has 2 rings (SSSR count). The van der Waals surface area contributed by atoms with Crippen molar-refractivity contribution in [2.75, 3.05) is 6.54 Å². The molecule has 1 unspecified atom stereocenters. The SMILES string of the molecule is CC(NC(=O)CN(Cc1ccccc1)C(C)C)c1ccccc1Cl. The van der Waals surface area contributed by atoms with Crippen molar-refractivity contribution in [2.45, 2.75) is 39.4 Å². The molecule has 2 aromatic carbocycles. The first kappa shape index (κ1) is 18.5. The monoisotopic (exact) mass is 344 g/mol. The number of hydrogen-bond acceptors (Lipinski definition) is 2. The number of hydrogen-bond donors (Lipinski definition) is 1. The van der Waals surface area contributed by atoms with E-state index in [0.717, 1.165) is 12.1 Å². The molecule has 128 valence electrons. The molecular weight excluding hydrogens is 320 g/mol. The predicted octanol–water partition coefficient (Wildman–Crippen LogP) is 4.43. The molecule has 24 heavy (non-hydrogen) atoms. The molecular formula is C20H25ClN2O. The largest absolute Gasteiger partial charge is 0.348 e. The quantitative estimate of drug-likeness (QED) is 0.806. The van der Waals surface area contributed by atoms with Crippen molar-refractivity contribution in [1.82, 2.24) is 10.2 Å². The number of nitrogens with one attached hydrogen (secondary N) is 1. The highest BCUT2D eigenvalue weighted by molar-refractivity contribution is 6.31. The number of nitrogens with zero attached hydrogens (tertiary/aromatic N) is 1. The lowest BCUT2D eigenvalue weighted by molar-refractivity contribution is -0.123. The van der Waals surface area contributed by atoms with Gasteiger partial charge in [0, 0.05) is 17.6 Å². The Morgan fingerprint density at radius 1 is 1.04 bits per heavy atom. The predicted molar refractivity (Wildman–Crippen MR) is 100.0 cm³/mol. The fourth-order valence-electron chi connectivity index (χ4n) is 2.61. The van der Waals surface area contributed by atoms with Crippen LogP contribution in [0.4, 0.5) is 0 Å². The first-order valence-electron chi connectivity index (χ1n) is 8.29. The molecule has 4 heteroatoms. The summed E-state index contributed by atoms with van der Waals surface area (Å²) in [7, 11) is 0. The third-order valence-corrected chi connectivity index (χ3v) is 4.40. The smallest absolute Gasteiger partial charge is 0.234 e. The highest BCUT2D eigenvalue weighted by Crippen LogP contribution is 2.22. The van der Waals surface area contributed by atoms with Gasteiger partial charge in [0.05, 0.1) is 12.6 Å². The second-order valence-electron chi connectivity index (χ2n) is 6.30. The van der Waals surface area contributed by atoms with E-state index in [1.807, 2.05) is 49.4 Å². The summed E-state index contributed by atoms with van der Waals surface area (Å²) in [5.41, 5.74) is 2.14. The van der Waals surface area contributed by atoms with Crippen molar-refractivity contribution in [3.8, 4) is 0 Å². The van der Waals surface area contributed by atoms with Gasteiger partial charge < -0.3 is 5.32 Å². The summed E-state index contributed by atoms with van der Waals surface area (Å²) in [4.78, 5) is 14.6. The summed E-state index contributed by atoms with van der Waals surface area (Å²) in [6.45, 7) is 7.28. The Hall–Kier alpha value is -1.84. The van der Waals surface area contributed by atoms with Gasteiger partial charge in [-0.15, -0.1) is 0 Å². The van der Waals surface area contributed by atoms with E-state index in [4.69, 9.17) is 11.6 Å². The molecule has 0 aliphatic heterocycles. The second kappa shape index (κ2) is 8.86. The number of rotatable bonds is 7. The normalized spacial score (nSPS) is 12.4. The fraction of sp³-hybridized carbons (Fsp3) is 0.350. The molecule has 0 fully saturated rings. The zero-order chi connectivity index (χ0) is 17.5. The maximum absolute atomic E-state index is 12.4. The van der Waals surface area contributed by atoms with Crippen LogP contribution in [0.15, 0.2) is 54.6 Å². The maximum atomic E-state index is 12.4. The van der Waals surface area contributed by atoms with Crippen LogP contribution in [0.5, 0.6) is 0 Å². The summed E-state index contributed by atoms with van der Waals surface area (Å²) >= 11 is 6.20. The molecule has 1 N–H and O–H groups in total. The van der Waals surface area contributed by atoms with Crippen LogP contribution in [0, 0.1) is 0 Å². The molecule has 0 bridgehead atoms. The van der Waals surface area contributed by atoms with Crippen LogP contribution in [0.25, 0.3) is 0 Å². The standard InChI is InChI=1S/C20H25ClN2O/c1-15(2)23(13-17-9-5-4-6-10-17)14-20(24)22-16(3)18-11-7-8-12-19(18)21/h4-12,15-16H,13-14H2,1-3H3,(H,22,24). The van der Waals surface area contributed by atoms with Gasteiger partial charge in [-0.2, -0.15) is 0 Å². The van der Waals surface area contributed by atoms with Crippen molar-refractivity contribution >= 4 is 17.5 Å². The highest BCUT2D eigenvalue weighted by Gasteiger charge is 2.17. The summed E-state index contributed by atoms with van der Waals surface area (Å²) < 4.78 is 0. The van der Waals surface area contributed by atoms with Crippen molar-refractivity contribution in [3.05, 3.63) is 70.7 Å². The molecule has 0 aliphatic rings. The Kier molecular flexibility index (Phi) is 6.83. The number of amides is 1. The lowest BCUT2D eigenvalue weighted by Crippen LogP contribution is -2.41. The van der Waals surface area contributed by atoms with Crippen LogP contribution in [0.1, 0.15) is 37.9 Å². The van der Waals surface area contributed by atoms with Gasteiger partial charge in [-0.1, -0.05) is 60.1 Å². The lowest BCUT2D eigenvalue weighted by atomic mass is 10.1. The van der Waals surface area contributed by atoms with E-state index in [9.17, 15) is 4.79 Å². The Balaban J connectivity index is 1.97. The van der Waals surface area contributed by atoms with Gasteiger partial charge >= 0.3 is 0 Å². The molecule has 0 saturated carbocycles. The van der Waals surface area contributed by atoms with E-state index >= 15 is 0 Å². The van der Waals surface area contributed by atoms with Gasteiger partial charge in [0.15, 0.2) is 0 Å². The Bertz CT molecular complexity index is 658. The van der Waals surface area contributed by atoms with Crippen LogP contribution >= 0.6 is 11.6 Å². The van der Waals surface area contributed by atoms with Gasteiger partial charge in [-0.3, -0.25) is 9.69 Å². The molecule has 1 atom stereocenters. The minimum absolute atomic E-state index is 0.00653. The van der Waals surface area contributed by atoms with Crippen LogP contribution in [0.3, 0.4) is 0 Å². The van der Waals surface area contributed by atoms with Crippen molar-refractivity contribution in [3.63, 3.8) is 0 Å². The van der Waals surface area contributed by atoms with Crippen LogP contribution < -0.4 is 5.32 Å². The molecule has 0 heterocycles. The topological polar surface area (TPSA) is 32.3 Å². The minimum atomic E-state index is -0.114. The number of carbonyl (C=O) groups excluding carboxylic acids is 1. The second-order valence-corrected chi connectivity index (χ2v) is 6.70. The summed E-state index contributed by atoms with van der Waals surface area (Å²) in [5.74, 6) is 0.00653. The first-order chi connectivity index (χ1) is 11.5. The molecule has 2 aromatic rings. The van der Waals surface area contributed by atoms with E-state index < -0.39 is 0 Å². The van der Waals surface area contributed by atoms with Crippen molar-refractivity contribution in [2.24, 2.45) is 0 Å². The molecule has 0 spiro atoms. The first-order valence-corrected chi connectivity index (χ1v) is 8.67. The van der Waals surface area contributed by atoms with E-state index in [1.165, 1.54) is 5.56 Å². The summed E-state index contributed by atoms with van der Waals surface area (Å²) in [6.07, 6.45) is 0. The third kappa shape index (κ3) is 5.36. The Morgan fingerprint density at radius 2 is 1.67 bits per heavy atom. The molecule has 0 saturated heterocycles. The van der Waals surface area contributed by atoms with E-state index in [2.05, 4.69) is 36.2 Å². The van der Waals surface area contributed by atoms with Gasteiger partial charge in [0.1, 0.15) is 0 Å². The van der Waals surface area contributed by atoms with Crippen molar-refractivity contribution in [1.29, 1.82) is 0 Å². The number of halogens is 1. The van der Waals surface area contributed by atoms with Crippen LogP contribution in [0.2, 0.25) is 5.02 Å². The van der Waals surface area contributed by atoms with Crippen molar-refractivity contribution < 1.29 is 4.79 Å². The van der Waals surface area contributed by atoms with Gasteiger partial charge in [-0.05, 0) is 38.0 Å². The maximum Gasteiger partial charge on any atom is 0.234 e. The molecule has 0 aliphatic carbocycles. The molecule has 1 amide bonds. The third-order valence-electron chi connectivity index (χ3n) is 4.05. The van der Waals surface area contributed by atoms with E-state index in [1.54, 1.807) is 0 Å². The Morgan fingerprint density at radius 3 is 2.29 bits per heavy atom. The number of carbonyl (C=O) groups is 1. The zero-order valence-corrected chi connectivity index (χ0v) is 15.3. The minimum Gasteiger partial charge on any atom is -0.348 e. The molecule has 0 aromatic heterocycles. The van der Waals surface area contributed by atoms with Gasteiger partial charge in [0.2, 0.25) is 5.91 Å². The van der Waals surface area contributed by atoms with Gasteiger partial charge in [-0.25, -0.2) is 0 Å². The Labute approximate surface area is 149 Å². The lowest BCUT2D eigenvalue weighted by Gasteiger charge is -2.27. The highest BCUT2D eigenvalue weighted by atomic mass is 35.5. The van der Waals surface area contributed by atoms with E-state index in [0.29, 0.717) is 11.6 Å². The zero-order valence-electron chi connectivity index (χ0n) is 14.5. The number of benzene rings is 2. The summed E-state index contributed by atoms with van der Waals surface area (Å²) in [6, 6.07) is 18.0. The van der Waals surface area contributed by atoms with Crippen LogP contribution in [-0.2, 0) is 11.3 Å². The fourth-order valence-corrected chi connectivity index (χ4v) is 2.91. The van der Waals surface area contributed by atoms with Gasteiger partial charge in [0.25, 0.3) is 0 Å². The molecule has 3 nitrogen and oxygen atoms in total. The summed E-state index contributed by atoms with van der Waals surface area (Å²) in [5, 5.41) is 3.72. The average Bonchev–Trinajstić information content (AvgIpc) is 2.55. The average molecular weight is 345 g/mol.